The van der Waals surface area contributed by atoms with E-state index in [4.69, 9.17) is 26.1 Å². The minimum atomic E-state index is -4.69. The van der Waals surface area contributed by atoms with E-state index in [1.807, 2.05) is 24.5 Å². The van der Waals surface area contributed by atoms with E-state index in [0.29, 0.717) is 49.7 Å². The Balaban J connectivity index is 1.16. The Bertz CT molecular complexity index is 1910. The number of alkyl halides is 3. The van der Waals surface area contributed by atoms with Crippen LogP contribution in [-0.2, 0) is 43.6 Å². The van der Waals surface area contributed by atoms with Gasteiger partial charge in [0.2, 0.25) is 5.88 Å². The van der Waals surface area contributed by atoms with Gasteiger partial charge in [0.05, 0.1) is 35.9 Å². The number of halogens is 5. The van der Waals surface area contributed by atoms with Crippen molar-refractivity contribution in [3.8, 4) is 17.3 Å². The Morgan fingerprint density at radius 2 is 1.98 bits per heavy atom. The van der Waals surface area contributed by atoms with Crippen molar-refractivity contribution in [1.29, 1.82) is 0 Å². The lowest BCUT2D eigenvalue weighted by atomic mass is 10.0. The number of benzene rings is 2. The van der Waals surface area contributed by atoms with Crippen LogP contribution in [0.3, 0.4) is 0 Å². The molecule has 1 atom stereocenters. The molecule has 0 bridgehead atoms. The Morgan fingerprint density at radius 3 is 2.70 bits per heavy atom. The summed E-state index contributed by atoms with van der Waals surface area (Å²) in [7, 11) is 0. The third kappa shape index (κ3) is 6.31. The van der Waals surface area contributed by atoms with E-state index in [-0.39, 0.29) is 16.7 Å². The van der Waals surface area contributed by atoms with Crippen molar-refractivity contribution in [2.75, 3.05) is 19.4 Å². The summed E-state index contributed by atoms with van der Waals surface area (Å²) < 4.78 is 69.8. The Kier molecular flexibility index (Phi) is 8.38. The topological polar surface area (TPSA) is 94.0 Å². The van der Waals surface area contributed by atoms with Gasteiger partial charge in [-0.2, -0.15) is 13.2 Å². The maximum absolute atomic E-state index is 14.3. The minimum Gasteiger partial charge on any atom is -0.472 e. The monoisotopic (exact) mass is 673 g/mol. The summed E-state index contributed by atoms with van der Waals surface area (Å²) in [6.45, 7) is 2.20. The summed E-state index contributed by atoms with van der Waals surface area (Å²) >= 11 is 7.28. The van der Waals surface area contributed by atoms with Crippen LogP contribution in [0, 0.1) is 5.82 Å². The van der Waals surface area contributed by atoms with Crippen LogP contribution in [0.25, 0.3) is 22.4 Å². The van der Waals surface area contributed by atoms with Crippen molar-refractivity contribution >= 4 is 34.4 Å². The van der Waals surface area contributed by atoms with Crippen LogP contribution in [0.15, 0.2) is 47.6 Å². The van der Waals surface area contributed by atoms with E-state index < -0.39 is 30.0 Å². The number of hydrogen-bond donors (Lipinski definition) is 1. The SMILES string of the molecule is CSc1nnc(-c2ccc3c(c2)nc(CN2CCc4cc(C(F)(F)F)c(OCc5ccc(Cl)cc5F)nc4C2)n3C[C@@H]2CCO2)[nH]1. The van der Waals surface area contributed by atoms with E-state index in [1.165, 1.54) is 23.9 Å². The number of nitrogens with one attached hydrogen (secondary N) is 1. The second-order valence-corrected chi connectivity index (χ2v) is 12.5. The van der Waals surface area contributed by atoms with Crippen LogP contribution in [0.5, 0.6) is 5.88 Å². The third-order valence-corrected chi connectivity index (χ3v) is 9.02. The highest BCUT2D eigenvalue weighted by Gasteiger charge is 2.37. The quantitative estimate of drug-likeness (QED) is 0.137. The van der Waals surface area contributed by atoms with Gasteiger partial charge >= 0.3 is 6.18 Å². The van der Waals surface area contributed by atoms with Crippen LogP contribution in [0.1, 0.15) is 34.6 Å². The fraction of sp³-hybridized carbons (Fsp3) is 0.355. The molecular formula is C31H28ClF4N7O2S. The molecule has 1 fully saturated rings. The zero-order valence-electron chi connectivity index (χ0n) is 24.6. The number of H-pyrrole nitrogens is 1. The number of rotatable bonds is 9. The van der Waals surface area contributed by atoms with E-state index in [2.05, 4.69) is 29.6 Å². The van der Waals surface area contributed by atoms with Gasteiger partial charge in [-0.3, -0.25) is 4.90 Å². The summed E-state index contributed by atoms with van der Waals surface area (Å²) in [5, 5.41) is 9.28. The maximum atomic E-state index is 14.3. The predicted molar refractivity (Wildman–Crippen MR) is 164 cm³/mol. The number of hydrogen-bond acceptors (Lipinski definition) is 8. The van der Waals surface area contributed by atoms with Gasteiger partial charge < -0.3 is 19.0 Å². The standard InChI is InChI=1S/C31H28ClF4N7O2S/c1-46-30-39-28(40-41-30)18-3-5-26-24(11-18)37-27(43(26)13-21-7-9-44-21)15-42-8-6-17-10-22(31(34,35)36)29(38-25(17)14-42)45-16-19-2-4-20(32)12-23(19)33/h2-5,10-12,21H,6-9,13-16H2,1H3,(H,39,40,41)/t21-/m0/s1. The van der Waals surface area contributed by atoms with Crippen LogP contribution < -0.4 is 4.74 Å². The molecule has 3 aromatic heterocycles. The highest BCUT2D eigenvalue weighted by atomic mass is 35.5. The molecule has 240 valence electrons. The van der Waals surface area contributed by atoms with Crippen molar-refractivity contribution in [1.82, 2.24) is 34.6 Å². The number of ether oxygens (including phenoxy) is 2. The number of aromatic nitrogens is 6. The summed E-state index contributed by atoms with van der Waals surface area (Å²) in [6.07, 6.45) is -1.36. The van der Waals surface area contributed by atoms with E-state index in [1.54, 1.807) is 0 Å². The first-order chi connectivity index (χ1) is 22.1. The molecule has 0 radical (unpaired) electrons. The van der Waals surface area contributed by atoms with E-state index in [0.717, 1.165) is 52.7 Å². The summed E-state index contributed by atoms with van der Waals surface area (Å²) in [5.74, 6) is 0.216. The molecule has 0 unspecified atom stereocenters. The zero-order valence-corrected chi connectivity index (χ0v) is 26.1. The van der Waals surface area contributed by atoms with Gasteiger partial charge in [-0.05, 0) is 61.1 Å². The van der Waals surface area contributed by atoms with Gasteiger partial charge in [0.25, 0.3) is 0 Å². The molecule has 46 heavy (non-hydrogen) atoms. The molecule has 1 N–H and O–H groups in total. The first kappa shape index (κ1) is 30.9. The van der Waals surface area contributed by atoms with Crippen molar-refractivity contribution in [2.45, 2.75) is 56.5 Å². The normalized spacial score (nSPS) is 16.9. The van der Waals surface area contributed by atoms with E-state index in [9.17, 15) is 17.6 Å². The number of aromatic amines is 1. The zero-order chi connectivity index (χ0) is 32.0. The highest BCUT2D eigenvalue weighted by Crippen LogP contribution is 2.38. The lowest BCUT2D eigenvalue weighted by molar-refractivity contribution is -0.139. The van der Waals surface area contributed by atoms with E-state index >= 15 is 0 Å². The van der Waals surface area contributed by atoms with Crippen LogP contribution in [0.2, 0.25) is 5.02 Å². The van der Waals surface area contributed by atoms with Crippen LogP contribution in [0.4, 0.5) is 17.6 Å². The molecule has 0 aliphatic carbocycles. The Hall–Kier alpha value is -3.72. The van der Waals surface area contributed by atoms with Crippen molar-refractivity contribution in [3.63, 3.8) is 0 Å². The molecule has 2 aliphatic heterocycles. The fourth-order valence-corrected chi connectivity index (χ4v) is 6.16. The first-order valence-electron chi connectivity index (χ1n) is 14.6. The summed E-state index contributed by atoms with van der Waals surface area (Å²) in [4.78, 5) is 14.6. The number of thioether (sulfide) groups is 1. The smallest absolute Gasteiger partial charge is 0.421 e. The second kappa shape index (κ2) is 12.5. The largest absolute Gasteiger partial charge is 0.472 e. The summed E-state index contributed by atoms with van der Waals surface area (Å²) in [6, 6.07) is 11.0. The molecule has 5 aromatic rings. The lowest BCUT2D eigenvalue weighted by Gasteiger charge is -2.30. The second-order valence-electron chi connectivity index (χ2n) is 11.2. The first-order valence-corrected chi connectivity index (χ1v) is 16.2. The average Bonchev–Trinajstić information content (AvgIpc) is 3.62. The van der Waals surface area contributed by atoms with Gasteiger partial charge in [0.1, 0.15) is 23.8 Å². The average molecular weight is 674 g/mol. The van der Waals surface area contributed by atoms with Gasteiger partial charge in [-0.15, -0.1) is 10.2 Å². The van der Waals surface area contributed by atoms with Crippen LogP contribution in [-0.4, -0.2) is 60.1 Å². The van der Waals surface area contributed by atoms with Gasteiger partial charge in [-0.25, -0.2) is 14.4 Å². The molecule has 0 saturated carbocycles. The Morgan fingerprint density at radius 1 is 1.13 bits per heavy atom. The molecule has 9 nitrogen and oxygen atoms in total. The van der Waals surface area contributed by atoms with Crippen molar-refractivity contribution < 1.29 is 27.0 Å². The van der Waals surface area contributed by atoms with Gasteiger partial charge in [0, 0.05) is 35.8 Å². The van der Waals surface area contributed by atoms with Gasteiger partial charge in [-0.1, -0.05) is 29.4 Å². The van der Waals surface area contributed by atoms with Crippen molar-refractivity contribution in [2.24, 2.45) is 0 Å². The molecule has 5 heterocycles. The minimum absolute atomic E-state index is 0.0733. The third-order valence-electron chi connectivity index (χ3n) is 8.22. The lowest BCUT2D eigenvalue weighted by Crippen LogP contribution is -2.34. The molecule has 15 heteroatoms. The Labute approximate surface area is 270 Å². The number of imidazole rings is 1. The summed E-state index contributed by atoms with van der Waals surface area (Å²) in [5.41, 5.74) is 2.68. The number of nitrogens with zero attached hydrogens (tertiary/aromatic N) is 6. The molecule has 0 spiro atoms. The molecule has 7 rings (SSSR count). The molecule has 2 aliphatic rings. The van der Waals surface area contributed by atoms with Crippen LogP contribution >= 0.6 is 23.4 Å². The fourth-order valence-electron chi connectivity index (χ4n) is 5.68. The number of pyridine rings is 1. The molecule has 1 saturated heterocycles. The molecule has 2 aromatic carbocycles. The predicted octanol–water partition coefficient (Wildman–Crippen LogP) is 6.68. The number of fused-ring (bicyclic) bond motifs is 2. The van der Waals surface area contributed by atoms with Crippen molar-refractivity contribution in [3.05, 3.63) is 81.5 Å². The maximum Gasteiger partial charge on any atom is 0.421 e. The molecule has 0 amide bonds. The molecular weight excluding hydrogens is 646 g/mol. The van der Waals surface area contributed by atoms with Gasteiger partial charge in [0.15, 0.2) is 11.0 Å². The highest BCUT2D eigenvalue weighted by molar-refractivity contribution is 7.98.